The largest absolute Gasteiger partial charge is 0.513 e. The van der Waals surface area contributed by atoms with Gasteiger partial charge in [0.05, 0.1) is 25.7 Å². The van der Waals surface area contributed by atoms with E-state index >= 15 is 0 Å². The van der Waals surface area contributed by atoms with Gasteiger partial charge in [-0.1, -0.05) is 26.0 Å². The molecule has 0 atom stereocenters. The minimum atomic E-state index is -2.28. The molecule has 0 bridgehead atoms. The van der Waals surface area contributed by atoms with Crippen molar-refractivity contribution < 1.29 is 36.8 Å². The quantitative estimate of drug-likeness (QED) is 0.107. The van der Waals surface area contributed by atoms with Gasteiger partial charge in [-0.2, -0.15) is 0 Å². The maximum absolute atomic E-state index is 11.1. The lowest BCUT2D eigenvalue weighted by Gasteiger charge is -2.38. The van der Waals surface area contributed by atoms with Crippen LogP contribution in [0, 0.1) is 0 Å². The van der Waals surface area contributed by atoms with Crippen molar-refractivity contribution >= 4 is 37.5 Å². The van der Waals surface area contributed by atoms with E-state index in [-0.39, 0.29) is 0 Å². The maximum Gasteiger partial charge on any atom is 0.513 e. The first kappa shape index (κ1) is 29.6. The zero-order chi connectivity index (χ0) is 24.0. The summed E-state index contributed by atoms with van der Waals surface area (Å²) < 4.78 is 32.0. The van der Waals surface area contributed by atoms with E-state index in [4.69, 9.17) is 17.7 Å². The Hall–Kier alpha value is -1.41. The van der Waals surface area contributed by atoms with Gasteiger partial charge in [0.2, 0.25) is 0 Å². The van der Waals surface area contributed by atoms with E-state index in [0.29, 0.717) is 13.2 Å². The van der Waals surface area contributed by atoms with Gasteiger partial charge < -0.3 is 27.2 Å². The average molecular weight is 493 g/mol. The molecular formula is C20H40O8Si3. The highest BCUT2D eigenvalue weighted by atomic mass is 28.5. The van der Waals surface area contributed by atoms with E-state index in [1.54, 1.807) is 0 Å². The molecule has 0 amide bonds. The summed E-state index contributed by atoms with van der Waals surface area (Å²) in [5, 5.41) is 0. The van der Waals surface area contributed by atoms with Crippen molar-refractivity contribution in [2.45, 2.75) is 77.1 Å². The molecule has 11 heteroatoms. The Labute approximate surface area is 190 Å². The Morgan fingerprint density at radius 2 is 1.03 bits per heavy atom. The second kappa shape index (κ2) is 14.6. The number of ether oxygens (including phenoxy) is 4. The molecule has 0 rings (SSSR count). The van der Waals surface area contributed by atoms with E-state index in [0.717, 1.165) is 50.3 Å². The number of hydrogen-bond acceptors (Lipinski definition) is 8. The third kappa shape index (κ3) is 16.9. The topological polar surface area (TPSA) is 89.5 Å². The number of hydrogen-bond donors (Lipinski definition) is 0. The number of rotatable bonds is 16. The summed E-state index contributed by atoms with van der Waals surface area (Å²) in [6.07, 6.45) is 4.02. The summed E-state index contributed by atoms with van der Waals surface area (Å²) in [6.45, 7) is 20.3. The molecule has 0 saturated heterocycles. The van der Waals surface area contributed by atoms with Crippen molar-refractivity contribution in [3.8, 4) is 0 Å². The summed E-state index contributed by atoms with van der Waals surface area (Å²) in [6, 6.07) is 1.93. The van der Waals surface area contributed by atoms with Gasteiger partial charge in [0.1, 0.15) is 0 Å². The minimum Gasteiger partial charge on any atom is -0.437 e. The number of carbonyl (C=O) groups excluding carboxylic acids is 2. The molecule has 0 radical (unpaired) electrons. The fourth-order valence-corrected chi connectivity index (χ4v) is 17.5. The lowest BCUT2D eigenvalue weighted by Crippen LogP contribution is -2.52. The first-order valence-corrected chi connectivity index (χ1v) is 19.7. The van der Waals surface area contributed by atoms with Crippen LogP contribution in [0.1, 0.15) is 25.7 Å². The lowest BCUT2D eigenvalue weighted by molar-refractivity contribution is 0.0827. The highest BCUT2D eigenvalue weighted by Gasteiger charge is 2.39. The second-order valence-corrected chi connectivity index (χ2v) is 21.3. The molecule has 0 aromatic heterocycles. The van der Waals surface area contributed by atoms with E-state index in [1.165, 1.54) is 0 Å². The van der Waals surface area contributed by atoms with Crippen molar-refractivity contribution in [2.75, 3.05) is 13.2 Å². The SMILES string of the molecule is C=COC(=O)OCCCC[Si](C)(C)O[Si](C)(C)O[Si](C)(C)CCCCOC(=O)OC=C. The standard InChI is InChI=1S/C20H40O8Si3/c1-9-23-19(21)25-15-11-13-17-29(3,4)27-31(7,8)28-30(5,6)18-14-12-16-26-20(22)24-10-2/h9-10H,1-2,11-18H2,3-8H3. The monoisotopic (exact) mass is 492 g/mol. The van der Waals surface area contributed by atoms with Gasteiger partial charge in [0.25, 0.3) is 0 Å². The van der Waals surface area contributed by atoms with Crippen LogP contribution < -0.4 is 0 Å². The Balaban J connectivity index is 4.26. The highest BCUT2D eigenvalue weighted by Crippen LogP contribution is 2.26. The molecule has 0 aliphatic rings. The van der Waals surface area contributed by atoms with E-state index in [1.807, 2.05) is 0 Å². The van der Waals surface area contributed by atoms with Crippen molar-refractivity contribution in [3.63, 3.8) is 0 Å². The van der Waals surface area contributed by atoms with Crippen LogP contribution in [0.25, 0.3) is 0 Å². The fourth-order valence-electron chi connectivity index (χ4n) is 3.27. The summed E-state index contributed by atoms with van der Waals surface area (Å²) in [5.74, 6) is 0. The molecule has 0 heterocycles. The van der Waals surface area contributed by atoms with Crippen LogP contribution in [0.15, 0.2) is 25.7 Å². The predicted molar refractivity (Wildman–Crippen MR) is 128 cm³/mol. The highest BCUT2D eigenvalue weighted by molar-refractivity contribution is 6.87. The van der Waals surface area contributed by atoms with Gasteiger partial charge in [-0.3, -0.25) is 0 Å². The van der Waals surface area contributed by atoms with E-state index < -0.39 is 37.5 Å². The Kier molecular flexibility index (Phi) is 14.0. The van der Waals surface area contributed by atoms with Crippen LogP contribution in [0.3, 0.4) is 0 Å². The molecule has 0 aliphatic heterocycles. The van der Waals surface area contributed by atoms with Gasteiger partial charge >= 0.3 is 20.9 Å². The first-order valence-electron chi connectivity index (χ1n) is 10.6. The molecule has 0 aliphatic carbocycles. The summed E-state index contributed by atoms with van der Waals surface area (Å²) in [4.78, 5) is 22.2. The van der Waals surface area contributed by atoms with Crippen molar-refractivity contribution in [2.24, 2.45) is 0 Å². The van der Waals surface area contributed by atoms with Gasteiger partial charge in [-0.05, 0) is 64.2 Å². The summed E-state index contributed by atoms with van der Waals surface area (Å²) in [7, 11) is -6.09. The van der Waals surface area contributed by atoms with Crippen LogP contribution in [0.5, 0.6) is 0 Å². The minimum absolute atomic E-state index is 0.323. The molecule has 0 fully saturated rings. The fraction of sp³-hybridized carbons (Fsp3) is 0.700. The van der Waals surface area contributed by atoms with Crippen LogP contribution >= 0.6 is 0 Å². The lowest BCUT2D eigenvalue weighted by atomic mass is 10.4. The third-order valence-electron chi connectivity index (χ3n) is 4.19. The number of carbonyl (C=O) groups is 2. The Morgan fingerprint density at radius 3 is 1.35 bits per heavy atom. The zero-order valence-corrected chi connectivity index (χ0v) is 23.0. The van der Waals surface area contributed by atoms with Crippen LogP contribution in [0.4, 0.5) is 9.59 Å². The van der Waals surface area contributed by atoms with Crippen molar-refractivity contribution in [3.05, 3.63) is 25.7 Å². The van der Waals surface area contributed by atoms with Crippen LogP contribution in [-0.2, 0) is 27.2 Å². The van der Waals surface area contributed by atoms with Gasteiger partial charge in [0, 0.05) is 0 Å². The molecule has 180 valence electrons. The van der Waals surface area contributed by atoms with Gasteiger partial charge in [0.15, 0.2) is 16.6 Å². The molecule has 8 nitrogen and oxygen atoms in total. The van der Waals surface area contributed by atoms with E-state index in [2.05, 4.69) is 61.9 Å². The molecule has 0 saturated carbocycles. The van der Waals surface area contributed by atoms with Crippen LogP contribution in [-0.4, -0.2) is 50.7 Å². The van der Waals surface area contributed by atoms with Crippen molar-refractivity contribution in [1.29, 1.82) is 0 Å². The van der Waals surface area contributed by atoms with Crippen LogP contribution in [0.2, 0.25) is 51.4 Å². The van der Waals surface area contributed by atoms with Gasteiger partial charge in [-0.25, -0.2) is 9.59 Å². The Bertz CT molecular complexity index is 531. The zero-order valence-electron chi connectivity index (χ0n) is 20.0. The molecular weight excluding hydrogens is 452 g/mol. The normalized spacial score (nSPS) is 12.1. The van der Waals surface area contributed by atoms with E-state index in [9.17, 15) is 9.59 Å². The van der Waals surface area contributed by atoms with Crippen molar-refractivity contribution in [1.82, 2.24) is 0 Å². The molecule has 0 aromatic rings. The Morgan fingerprint density at radius 1 is 0.677 bits per heavy atom. The second-order valence-electron chi connectivity index (χ2n) is 8.80. The number of unbranched alkanes of at least 4 members (excludes halogenated alkanes) is 2. The van der Waals surface area contributed by atoms with Gasteiger partial charge in [-0.15, -0.1) is 0 Å². The molecule has 0 spiro atoms. The predicted octanol–water partition coefficient (Wildman–Crippen LogP) is 6.29. The smallest absolute Gasteiger partial charge is 0.437 e. The average Bonchev–Trinajstić information content (AvgIpc) is 2.59. The molecule has 0 unspecified atom stereocenters. The summed E-state index contributed by atoms with van der Waals surface area (Å²) in [5.41, 5.74) is 0. The molecule has 31 heavy (non-hydrogen) atoms. The molecule has 0 aromatic carbocycles. The molecule has 0 N–H and O–H groups in total. The third-order valence-corrected chi connectivity index (χ3v) is 15.7. The maximum atomic E-state index is 11.1. The first-order chi connectivity index (χ1) is 14.3. The summed E-state index contributed by atoms with van der Waals surface area (Å²) >= 11 is 0.